The van der Waals surface area contributed by atoms with Crippen molar-refractivity contribution in [1.82, 2.24) is 0 Å². The van der Waals surface area contributed by atoms with Gasteiger partial charge in [0.05, 0.1) is 0 Å². The highest BCUT2D eigenvalue weighted by Crippen LogP contribution is 2.15. The standard InChI is InChI=1S/C48H90O6/c1-4-7-10-13-16-19-21-23-24-25-27-29-32-35-38-41-47(50)53-44-45(43-52-46(49)40-37-34-31-28-18-15-12-9-6-3)54-48(51)42-39-36-33-30-26-22-20-17-14-11-8-5-2/h23-24,45H,4-22,25-44H2,1-3H3/b24-23-. The Morgan fingerprint density at radius 1 is 0.352 bits per heavy atom. The Kier molecular flexibility index (Phi) is 42.4. The zero-order valence-corrected chi connectivity index (χ0v) is 36.3. The Labute approximate surface area is 335 Å². The van der Waals surface area contributed by atoms with E-state index >= 15 is 0 Å². The fraction of sp³-hybridized carbons (Fsp3) is 0.896. The Balaban J connectivity index is 4.32. The predicted octanol–water partition coefficient (Wildman–Crippen LogP) is 15.0. The summed E-state index contributed by atoms with van der Waals surface area (Å²) >= 11 is 0. The molecular formula is C48H90O6. The largest absolute Gasteiger partial charge is 0.462 e. The van der Waals surface area contributed by atoms with Crippen molar-refractivity contribution in [2.24, 2.45) is 0 Å². The molecule has 0 aromatic rings. The summed E-state index contributed by atoms with van der Waals surface area (Å²) in [5.74, 6) is -0.870. The van der Waals surface area contributed by atoms with E-state index in [9.17, 15) is 14.4 Å². The molecule has 0 aliphatic carbocycles. The van der Waals surface area contributed by atoms with E-state index in [0.29, 0.717) is 19.3 Å². The van der Waals surface area contributed by atoms with Crippen LogP contribution < -0.4 is 0 Å². The molecule has 54 heavy (non-hydrogen) atoms. The molecule has 1 atom stereocenters. The van der Waals surface area contributed by atoms with Crippen molar-refractivity contribution in [3.8, 4) is 0 Å². The molecule has 0 fully saturated rings. The molecule has 0 spiro atoms. The van der Waals surface area contributed by atoms with Gasteiger partial charge in [-0.25, -0.2) is 0 Å². The molecule has 0 aliphatic rings. The van der Waals surface area contributed by atoms with Gasteiger partial charge in [-0.05, 0) is 44.9 Å². The average Bonchev–Trinajstić information content (AvgIpc) is 3.17. The van der Waals surface area contributed by atoms with Crippen molar-refractivity contribution in [3.63, 3.8) is 0 Å². The van der Waals surface area contributed by atoms with Gasteiger partial charge in [0.15, 0.2) is 6.10 Å². The van der Waals surface area contributed by atoms with Crippen LogP contribution in [-0.2, 0) is 28.6 Å². The number of ether oxygens (including phenoxy) is 3. The van der Waals surface area contributed by atoms with Gasteiger partial charge in [0.2, 0.25) is 0 Å². The van der Waals surface area contributed by atoms with Gasteiger partial charge in [-0.2, -0.15) is 0 Å². The lowest BCUT2D eigenvalue weighted by molar-refractivity contribution is -0.167. The second kappa shape index (κ2) is 43.9. The summed E-state index contributed by atoms with van der Waals surface area (Å²) in [6.07, 6.45) is 46.2. The Hall–Kier alpha value is -1.85. The lowest BCUT2D eigenvalue weighted by Crippen LogP contribution is -2.30. The third kappa shape index (κ3) is 41.3. The molecule has 0 saturated carbocycles. The van der Waals surface area contributed by atoms with Gasteiger partial charge in [-0.3, -0.25) is 14.4 Å². The Bertz CT molecular complexity index is 839. The quantitative estimate of drug-likeness (QED) is 0.0266. The number of carbonyl (C=O) groups excluding carboxylic acids is 3. The first kappa shape index (κ1) is 52.2. The summed E-state index contributed by atoms with van der Waals surface area (Å²) in [7, 11) is 0. The van der Waals surface area contributed by atoms with Gasteiger partial charge in [0.25, 0.3) is 0 Å². The maximum absolute atomic E-state index is 12.7. The molecule has 6 nitrogen and oxygen atoms in total. The van der Waals surface area contributed by atoms with Crippen LogP contribution in [0.4, 0.5) is 0 Å². The van der Waals surface area contributed by atoms with Crippen LogP contribution in [0.2, 0.25) is 0 Å². The molecule has 6 heteroatoms. The van der Waals surface area contributed by atoms with Gasteiger partial charge in [0.1, 0.15) is 13.2 Å². The van der Waals surface area contributed by atoms with Crippen LogP contribution in [0.25, 0.3) is 0 Å². The van der Waals surface area contributed by atoms with E-state index in [4.69, 9.17) is 14.2 Å². The van der Waals surface area contributed by atoms with Crippen LogP contribution in [0.3, 0.4) is 0 Å². The minimum atomic E-state index is -0.764. The van der Waals surface area contributed by atoms with Gasteiger partial charge in [-0.15, -0.1) is 0 Å². The molecule has 0 saturated heterocycles. The number of rotatable bonds is 43. The number of carbonyl (C=O) groups is 3. The molecule has 0 aromatic carbocycles. The molecule has 0 bridgehead atoms. The molecule has 0 aromatic heterocycles. The molecular weight excluding hydrogens is 673 g/mol. The van der Waals surface area contributed by atoms with Crippen molar-refractivity contribution in [1.29, 1.82) is 0 Å². The summed E-state index contributed by atoms with van der Waals surface area (Å²) < 4.78 is 16.7. The zero-order valence-electron chi connectivity index (χ0n) is 36.3. The van der Waals surface area contributed by atoms with E-state index in [0.717, 1.165) is 64.2 Å². The van der Waals surface area contributed by atoms with Crippen molar-refractivity contribution in [3.05, 3.63) is 12.2 Å². The molecule has 0 aliphatic heterocycles. The summed E-state index contributed by atoms with van der Waals surface area (Å²) in [5.41, 5.74) is 0. The molecule has 0 amide bonds. The highest BCUT2D eigenvalue weighted by atomic mass is 16.6. The predicted molar refractivity (Wildman–Crippen MR) is 229 cm³/mol. The fourth-order valence-electron chi connectivity index (χ4n) is 6.91. The van der Waals surface area contributed by atoms with Crippen LogP contribution in [0.1, 0.15) is 258 Å². The van der Waals surface area contributed by atoms with E-state index in [-0.39, 0.29) is 31.1 Å². The smallest absolute Gasteiger partial charge is 0.306 e. The van der Waals surface area contributed by atoms with E-state index in [1.165, 1.54) is 154 Å². The minimum absolute atomic E-state index is 0.0683. The van der Waals surface area contributed by atoms with Crippen LogP contribution in [0.5, 0.6) is 0 Å². The SMILES string of the molecule is CCCCCCCC/C=C\CCCCCCCC(=O)OCC(COC(=O)CCCCCCCCCCC)OC(=O)CCCCCCCCCCCCCC. The summed E-state index contributed by atoms with van der Waals surface area (Å²) in [5, 5.41) is 0. The van der Waals surface area contributed by atoms with Crippen molar-refractivity contribution >= 4 is 17.9 Å². The molecule has 1 unspecified atom stereocenters. The highest BCUT2D eigenvalue weighted by Gasteiger charge is 2.19. The molecule has 0 radical (unpaired) electrons. The first-order valence-corrected chi connectivity index (χ1v) is 23.7. The lowest BCUT2D eigenvalue weighted by Gasteiger charge is -2.18. The van der Waals surface area contributed by atoms with Crippen LogP contribution in [0.15, 0.2) is 12.2 Å². The zero-order chi connectivity index (χ0) is 39.4. The minimum Gasteiger partial charge on any atom is -0.462 e. The molecule has 318 valence electrons. The first-order chi connectivity index (χ1) is 26.5. The van der Waals surface area contributed by atoms with Crippen LogP contribution in [0, 0.1) is 0 Å². The molecule has 0 N–H and O–H groups in total. The second-order valence-electron chi connectivity index (χ2n) is 16.0. The van der Waals surface area contributed by atoms with Gasteiger partial charge < -0.3 is 14.2 Å². The number of allylic oxidation sites excluding steroid dienone is 2. The Morgan fingerprint density at radius 3 is 0.926 bits per heavy atom. The summed E-state index contributed by atoms with van der Waals surface area (Å²) in [6.45, 7) is 6.62. The Morgan fingerprint density at radius 2 is 0.611 bits per heavy atom. The maximum Gasteiger partial charge on any atom is 0.306 e. The maximum atomic E-state index is 12.7. The van der Waals surface area contributed by atoms with Gasteiger partial charge in [-0.1, -0.05) is 206 Å². The number of esters is 3. The number of hydrogen-bond donors (Lipinski definition) is 0. The van der Waals surface area contributed by atoms with Gasteiger partial charge >= 0.3 is 17.9 Å². The van der Waals surface area contributed by atoms with Crippen LogP contribution >= 0.6 is 0 Å². The normalized spacial score (nSPS) is 12.0. The monoisotopic (exact) mass is 763 g/mol. The van der Waals surface area contributed by atoms with Crippen LogP contribution in [-0.4, -0.2) is 37.2 Å². The number of hydrogen-bond acceptors (Lipinski definition) is 6. The van der Waals surface area contributed by atoms with Crippen molar-refractivity contribution in [2.75, 3.05) is 13.2 Å². The third-order valence-electron chi connectivity index (χ3n) is 10.5. The topological polar surface area (TPSA) is 78.9 Å². The van der Waals surface area contributed by atoms with Crippen molar-refractivity contribution in [2.45, 2.75) is 264 Å². The van der Waals surface area contributed by atoms with E-state index in [2.05, 4.69) is 32.9 Å². The van der Waals surface area contributed by atoms with Crippen molar-refractivity contribution < 1.29 is 28.6 Å². The highest BCUT2D eigenvalue weighted by molar-refractivity contribution is 5.71. The lowest BCUT2D eigenvalue weighted by atomic mass is 10.0. The summed E-state index contributed by atoms with van der Waals surface area (Å²) in [4.78, 5) is 37.7. The number of unbranched alkanes of at least 4 members (excludes halogenated alkanes) is 30. The van der Waals surface area contributed by atoms with Gasteiger partial charge in [0, 0.05) is 19.3 Å². The fourth-order valence-corrected chi connectivity index (χ4v) is 6.91. The summed E-state index contributed by atoms with van der Waals surface area (Å²) in [6, 6.07) is 0. The second-order valence-corrected chi connectivity index (χ2v) is 16.0. The third-order valence-corrected chi connectivity index (χ3v) is 10.5. The molecule has 0 heterocycles. The van der Waals surface area contributed by atoms with E-state index < -0.39 is 6.10 Å². The molecule has 0 rings (SSSR count). The average molecular weight is 763 g/mol. The first-order valence-electron chi connectivity index (χ1n) is 23.7. The van der Waals surface area contributed by atoms with E-state index in [1.807, 2.05) is 0 Å². The van der Waals surface area contributed by atoms with E-state index in [1.54, 1.807) is 0 Å².